The fraction of sp³-hybridized carbons (Fsp3) is 0.870. The molecule has 0 aromatic heterocycles. The minimum atomic E-state index is -0.667. The fourth-order valence-electron chi connectivity index (χ4n) is 6.07. The summed E-state index contributed by atoms with van der Waals surface area (Å²) in [5.41, 5.74) is 0. The highest BCUT2D eigenvalue weighted by atomic mass is 16.4. The Morgan fingerprint density at radius 2 is 1.69 bits per heavy atom. The van der Waals surface area contributed by atoms with Crippen LogP contribution in [0.3, 0.4) is 0 Å². The molecule has 3 nitrogen and oxygen atoms in total. The third-order valence-electron chi connectivity index (χ3n) is 7.50. The van der Waals surface area contributed by atoms with Crippen LogP contribution in [0.5, 0.6) is 0 Å². The molecular formula is C23H38O3. The summed E-state index contributed by atoms with van der Waals surface area (Å²) in [6.07, 6.45) is 20.7. The number of aliphatic hydroxyl groups excluding tert-OH is 1. The Labute approximate surface area is 159 Å². The van der Waals surface area contributed by atoms with Gasteiger partial charge in [-0.15, -0.1) is 0 Å². The number of hydrogen-bond acceptors (Lipinski definition) is 2. The molecule has 3 aliphatic rings. The summed E-state index contributed by atoms with van der Waals surface area (Å²) in [7, 11) is 0. The van der Waals surface area contributed by atoms with Crippen molar-refractivity contribution in [3.05, 3.63) is 12.2 Å². The van der Waals surface area contributed by atoms with Crippen molar-refractivity contribution in [3.8, 4) is 0 Å². The zero-order chi connectivity index (χ0) is 18.4. The molecule has 2 bridgehead atoms. The molecule has 0 spiro atoms. The van der Waals surface area contributed by atoms with E-state index in [1.165, 1.54) is 70.6 Å². The molecule has 26 heavy (non-hydrogen) atoms. The average molecular weight is 363 g/mol. The van der Waals surface area contributed by atoms with Gasteiger partial charge in [0, 0.05) is 6.42 Å². The highest BCUT2D eigenvalue weighted by Crippen LogP contribution is 2.54. The number of fused-ring (bicyclic) bond motifs is 2. The quantitative estimate of drug-likeness (QED) is 0.394. The summed E-state index contributed by atoms with van der Waals surface area (Å²) in [5, 5.41) is 19.3. The molecule has 0 aromatic carbocycles. The number of aliphatic carboxylic acids is 1. The van der Waals surface area contributed by atoms with Gasteiger partial charge in [0.25, 0.3) is 0 Å². The number of rotatable bonds is 10. The summed E-state index contributed by atoms with van der Waals surface area (Å²) in [5.74, 6) is 3.08. The first-order chi connectivity index (χ1) is 12.6. The van der Waals surface area contributed by atoms with Gasteiger partial charge in [0.15, 0.2) is 0 Å². The van der Waals surface area contributed by atoms with E-state index in [4.69, 9.17) is 5.11 Å². The highest BCUT2D eigenvalue weighted by molar-refractivity contribution is 5.66. The van der Waals surface area contributed by atoms with Crippen molar-refractivity contribution in [2.24, 2.45) is 29.6 Å². The zero-order valence-electron chi connectivity index (χ0n) is 16.3. The number of hydrogen-bond donors (Lipinski definition) is 2. The van der Waals surface area contributed by atoms with Crippen molar-refractivity contribution in [1.82, 2.24) is 0 Å². The van der Waals surface area contributed by atoms with Crippen molar-refractivity contribution < 1.29 is 15.0 Å². The van der Waals surface area contributed by atoms with E-state index in [-0.39, 0.29) is 6.10 Å². The SMILES string of the molecule is O=C(O)CCCCCCC1C2CCC(C2)C1C=CC(O)C1CCCCC1. The van der Waals surface area contributed by atoms with Crippen LogP contribution in [0.2, 0.25) is 0 Å². The molecule has 148 valence electrons. The van der Waals surface area contributed by atoms with Gasteiger partial charge in [0.1, 0.15) is 0 Å². The first-order valence-corrected chi connectivity index (χ1v) is 11.2. The summed E-state index contributed by atoms with van der Waals surface area (Å²) in [4.78, 5) is 10.6. The third kappa shape index (κ3) is 5.34. The molecular weight excluding hydrogens is 324 g/mol. The van der Waals surface area contributed by atoms with Crippen LogP contribution in [0.15, 0.2) is 12.2 Å². The fourth-order valence-corrected chi connectivity index (χ4v) is 6.07. The summed E-state index contributed by atoms with van der Waals surface area (Å²) < 4.78 is 0. The van der Waals surface area contributed by atoms with Crippen LogP contribution >= 0.6 is 0 Å². The standard InChI is InChI=1S/C23H38O3/c24-22(17-8-4-3-5-9-17)15-14-21-19-13-12-18(16-19)20(21)10-6-1-2-7-11-23(25)26/h14-15,17-22,24H,1-13,16H2,(H,25,26). The number of unbranched alkanes of at least 4 members (excludes halogenated alkanes) is 3. The van der Waals surface area contributed by atoms with Gasteiger partial charge in [-0.05, 0) is 74.5 Å². The van der Waals surface area contributed by atoms with E-state index in [0.29, 0.717) is 18.3 Å². The Balaban J connectivity index is 1.44. The van der Waals surface area contributed by atoms with Crippen LogP contribution in [-0.4, -0.2) is 22.3 Å². The molecule has 3 heteroatoms. The minimum Gasteiger partial charge on any atom is -0.481 e. The lowest BCUT2D eigenvalue weighted by atomic mass is 9.76. The van der Waals surface area contributed by atoms with Crippen molar-refractivity contribution in [1.29, 1.82) is 0 Å². The first kappa shape index (κ1) is 19.9. The Kier molecular flexibility index (Phi) is 7.60. The normalized spacial score (nSPS) is 33.1. The topological polar surface area (TPSA) is 57.5 Å². The van der Waals surface area contributed by atoms with Gasteiger partial charge in [-0.3, -0.25) is 4.79 Å². The smallest absolute Gasteiger partial charge is 0.303 e. The van der Waals surface area contributed by atoms with Gasteiger partial charge in [0.2, 0.25) is 0 Å². The summed E-state index contributed by atoms with van der Waals surface area (Å²) in [6.45, 7) is 0. The van der Waals surface area contributed by atoms with Crippen LogP contribution in [0, 0.1) is 29.6 Å². The molecule has 0 radical (unpaired) electrons. The molecule has 0 aromatic rings. The molecule has 3 aliphatic carbocycles. The van der Waals surface area contributed by atoms with Crippen LogP contribution in [0.1, 0.15) is 89.9 Å². The monoisotopic (exact) mass is 362 g/mol. The van der Waals surface area contributed by atoms with E-state index >= 15 is 0 Å². The maximum absolute atomic E-state index is 10.6. The van der Waals surface area contributed by atoms with Gasteiger partial charge in [-0.2, -0.15) is 0 Å². The average Bonchev–Trinajstić information content (AvgIpc) is 3.24. The molecule has 5 atom stereocenters. The molecule has 3 fully saturated rings. The molecule has 0 aliphatic heterocycles. The Morgan fingerprint density at radius 1 is 0.962 bits per heavy atom. The van der Waals surface area contributed by atoms with Crippen molar-refractivity contribution >= 4 is 5.97 Å². The molecule has 5 unspecified atom stereocenters. The molecule has 3 saturated carbocycles. The van der Waals surface area contributed by atoms with Crippen molar-refractivity contribution in [2.45, 2.75) is 96.0 Å². The van der Waals surface area contributed by atoms with Gasteiger partial charge in [-0.1, -0.05) is 50.7 Å². The molecule has 0 amide bonds. The van der Waals surface area contributed by atoms with Crippen LogP contribution in [0.25, 0.3) is 0 Å². The number of carboxylic acids is 1. The van der Waals surface area contributed by atoms with E-state index in [1.54, 1.807) is 0 Å². The third-order valence-corrected chi connectivity index (χ3v) is 7.50. The number of aliphatic hydroxyl groups is 1. The predicted molar refractivity (Wildman–Crippen MR) is 105 cm³/mol. The number of allylic oxidation sites excluding steroid dienone is 1. The Morgan fingerprint density at radius 3 is 2.46 bits per heavy atom. The van der Waals surface area contributed by atoms with Crippen LogP contribution in [-0.2, 0) is 4.79 Å². The second-order valence-corrected chi connectivity index (χ2v) is 9.19. The van der Waals surface area contributed by atoms with Crippen LogP contribution in [0.4, 0.5) is 0 Å². The lowest BCUT2D eigenvalue weighted by Crippen LogP contribution is -2.23. The molecule has 2 N–H and O–H groups in total. The zero-order valence-corrected chi connectivity index (χ0v) is 16.3. The maximum atomic E-state index is 10.6. The Bertz CT molecular complexity index is 466. The van der Waals surface area contributed by atoms with E-state index < -0.39 is 5.97 Å². The molecule has 3 rings (SSSR count). The van der Waals surface area contributed by atoms with Gasteiger partial charge in [-0.25, -0.2) is 0 Å². The van der Waals surface area contributed by atoms with E-state index in [9.17, 15) is 9.90 Å². The highest BCUT2D eigenvalue weighted by Gasteiger charge is 2.45. The summed E-state index contributed by atoms with van der Waals surface area (Å²) in [6, 6.07) is 0. The predicted octanol–water partition coefficient (Wildman–Crippen LogP) is 5.57. The maximum Gasteiger partial charge on any atom is 0.303 e. The van der Waals surface area contributed by atoms with E-state index in [0.717, 1.165) is 30.6 Å². The van der Waals surface area contributed by atoms with Gasteiger partial charge in [0.05, 0.1) is 6.10 Å². The lowest BCUT2D eigenvalue weighted by molar-refractivity contribution is -0.137. The Hall–Kier alpha value is -0.830. The number of carboxylic acid groups (broad SMARTS) is 1. The largest absolute Gasteiger partial charge is 0.481 e. The van der Waals surface area contributed by atoms with Crippen molar-refractivity contribution in [2.75, 3.05) is 0 Å². The summed E-state index contributed by atoms with van der Waals surface area (Å²) >= 11 is 0. The number of carbonyl (C=O) groups is 1. The molecule has 0 saturated heterocycles. The minimum absolute atomic E-state index is 0.230. The van der Waals surface area contributed by atoms with E-state index in [2.05, 4.69) is 12.2 Å². The van der Waals surface area contributed by atoms with Crippen LogP contribution < -0.4 is 0 Å². The second-order valence-electron chi connectivity index (χ2n) is 9.19. The van der Waals surface area contributed by atoms with Crippen molar-refractivity contribution in [3.63, 3.8) is 0 Å². The van der Waals surface area contributed by atoms with Gasteiger partial charge < -0.3 is 10.2 Å². The van der Waals surface area contributed by atoms with Gasteiger partial charge >= 0.3 is 5.97 Å². The second kappa shape index (κ2) is 9.92. The van der Waals surface area contributed by atoms with E-state index in [1.807, 2.05) is 0 Å². The lowest BCUT2D eigenvalue weighted by Gasteiger charge is -2.30. The first-order valence-electron chi connectivity index (χ1n) is 11.2. The molecule has 0 heterocycles.